The van der Waals surface area contributed by atoms with Crippen molar-refractivity contribution in [2.45, 2.75) is 37.0 Å². The van der Waals surface area contributed by atoms with Crippen molar-refractivity contribution >= 4 is 17.5 Å². The van der Waals surface area contributed by atoms with Gasteiger partial charge in [-0.15, -0.1) is 11.8 Å². The Bertz CT molecular complexity index is 399. The number of hydrogen-bond donors (Lipinski definition) is 1. The molecule has 0 unspecified atom stereocenters. The van der Waals surface area contributed by atoms with Crippen molar-refractivity contribution < 1.29 is 4.79 Å². The molecule has 0 radical (unpaired) electrons. The number of hydrogen-bond acceptors (Lipinski definition) is 3. The first-order valence-electron chi connectivity index (χ1n) is 6.75. The van der Waals surface area contributed by atoms with E-state index < -0.39 is 0 Å². The highest BCUT2D eigenvalue weighted by Crippen LogP contribution is 2.31. The van der Waals surface area contributed by atoms with Crippen molar-refractivity contribution in [3.63, 3.8) is 0 Å². The Morgan fingerprint density at radius 1 is 1.33 bits per heavy atom. The lowest BCUT2D eigenvalue weighted by Crippen LogP contribution is -2.08. The van der Waals surface area contributed by atoms with E-state index in [1.807, 2.05) is 30.0 Å². The first-order valence-corrected chi connectivity index (χ1v) is 7.74. The second-order valence-corrected chi connectivity index (χ2v) is 6.04. The molecular weight excluding hydrogens is 242 g/mol. The Labute approximate surface area is 113 Å². The average molecular weight is 263 g/mol. The van der Waals surface area contributed by atoms with Gasteiger partial charge in [-0.3, -0.25) is 4.79 Å². The van der Waals surface area contributed by atoms with Crippen LogP contribution in [0.4, 0.5) is 0 Å². The van der Waals surface area contributed by atoms with Crippen LogP contribution in [0.3, 0.4) is 0 Å². The molecule has 0 heterocycles. The summed E-state index contributed by atoms with van der Waals surface area (Å²) in [5.74, 6) is 2.22. The van der Waals surface area contributed by atoms with Gasteiger partial charge in [0.15, 0.2) is 5.78 Å². The van der Waals surface area contributed by atoms with E-state index in [0.29, 0.717) is 13.0 Å². The van der Waals surface area contributed by atoms with Gasteiger partial charge in [-0.05, 0) is 37.4 Å². The molecule has 0 spiro atoms. The highest BCUT2D eigenvalue weighted by atomic mass is 32.2. The van der Waals surface area contributed by atoms with Crippen LogP contribution in [0.1, 0.15) is 42.5 Å². The van der Waals surface area contributed by atoms with Gasteiger partial charge in [0.05, 0.1) is 0 Å². The number of nitrogens with two attached hydrogens (primary N) is 1. The lowest BCUT2D eigenvalue weighted by molar-refractivity contribution is 0.0985. The average Bonchev–Trinajstić information content (AvgIpc) is 2.90. The van der Waals surface area contributed by atoms with Gasteiger partial charge in [0.25, 0.3) is 0 Å². The summed E-state index contributed by atoms with van der Waals surface area (Å²) in [6, 6.07) is 7.97. The van der Waals surface area contributed by atoms with Crippen molar-refractivity contribution in [3.05, 3.63) is 29.8 Å². The number of thioether (sulfide) groups is 1. The normalized spacial score (nSPS) is 16.1. The van der Waals surface area contributed by atoms with E-state index in [-0.39, 0.29) is 5.78 Å². The van der Waals surface area contributed by atoms with E-state index in [2.05, 4.69) is 6.07 Å². The molecule has 1 aromatic carbocycles. The van der Waals surface area contributed by atoms with Gasteiger partial charge < -0.3 is 5.73 Å². The van der Waals surface area contributed by atoms with Crippen LogP contribution in [0.25, 0.3) is 0 Å². The minimum Gasteiger partial charge on any atom is -0.330 e. The molecule has 2 N–H and O–H groups in total. The van der Waals surface area contributed by atoms with Crippen LogP contribution in [0.2, 0.25) is 0 Å². The molecule has 1 aliphatic carbocycles. The van der Waals surface area contributed by atoms with Gasteiger partial charge in [0.1, 0.15) is 0 Å². The molecule has 2 nitrogen and oxygen atoms in total. The second-order valence-electron chi connectivity index (χ2n) is 4.95. The van der Waals surface area contributed by atoms with E-state index in [0.717, 1.165) is 11.5 Å². The summed E-state index contributed by atoms with van der Waals surface area (Å²) in [6.45, 7) is 0.429. The summed E-state index contributed by atoms with van der Waals surface area (Å²) in [5, 5.41) is 0. The molecule has 0 aliphatic heterocycles. The third kappa shape index (κ3) is 3.85. The van der Waals surface area contributed by atoms with Crippen LogP contribution in [-0.2, 0) is 0 Å². The van der Waals surface area contributed by atoms with Crippen LogP contribution in [0.5, 0.6) is 0 Å². The molecule has 2 rings (SSSR count). The molecule has 98 valence electrons. The van der Waals surface area contributed by atoms with E-state index in [9.17, 15) is 4.79 Å². The van der Waals surface area contributed by atoms with Crippen molar-refractivity contribution in [1.29, 1.82) is 0 Å². The summed E-state index contributed by atoms with van der Waals surface area (Å²) >= 11 is 1.88. The summed E-state index contributed by atoms with van der Waals surface area (Å²) < 4.78 is 0. The first kappa shape index (κ1) is 13.6. The van der Waals surface area contributed by atoms with E-state index >= 15 is 0 Å². The Morgan fingerprint density at radius 2 is 2.11 bits per heavy atom. The molecule has 0 bridgehead atoms. The molecule has 1 aliphatic rings. The monoisotopic (exact) mass is 263 g/mol. The maximum Gasteiger partial charge on any atom is 0.164 e. The second kappa shape index (κ2) is 6.95. The lowest BCUT2D eigenvalue weighted by Gasteiger charge is -2.09. The Morgan fingerprint density at radius 3 is 2.83 bits per heavy atom. The number of Topliss-reactive ketones (excluding diaryl/α,β-unsaturated/α-hetero) is 1. The van der Waals surface area contributed by atoms with Gasteiger partial charge in [-0.2, -0.15) is 0 Å². The van der Waals surface area contributed by atoms with Crippen LogP contribution in [-0.4, -0.2) is 18.1 Å². The molecular formula is C15H21NOS. The predicted molar refractivity (Wildman–Crippen MR) is 77.1 cm³/mol. The van der Waals surface area contributed by atoms with Crippen LogP contribution < -0.4 is 5.73 Å². The highest BCUT2D eigenvalue weighted by Gasteiger charge is 2.15. The summed E-state index contributed by atoms with van der Waals surface area (Å²) in [7, 11) is 0. The van der Waals surface area contributed by atoms with E-state index in [1.54, 1.807) is 0 Å². The minimum absolute atomic E-state index is 0.154. The highest BCUT2D eigenvalue weighted by molar-refractivity contribution is 7.99. The fourth-order valence-corrected chi connectivity index (χ4v) is 3.57. The predicted octanol–water partition coefficient (Wildman–Crippen LogP) is 3.50. The summed E-state index contributed by atoms with van der Waals surface area (Å²) in [5.41, 5.74) is 6.22. The third-order valence-electron chi connectivity index (χ3n) is 3.49. The quantitative estimate of drug-likeness (QED) is 0.631. The molecule has 18 heavy (non-hydrogen) atoms. The zero-order valence-corrected chi connectivity index (χ0v) is 11.5. The first-order chi connectivity index (χ1) is 8.79. The van der Waals surface area contributed by atoms with Crippen molar-refractivity contribution in [1.82, 2.24) is 0 Å². The van der Waals surface area contributed by atoms with Gasteiger partial charge in [0.2, 0.25) is 0 Å². The number of benzene rings is 1. The summed E-state index contributed by atoms with van der Waals surface area (Å²) in [6.07, 6.45) is 5.97. The van der Waals surface area contributed by atoms with E-state index in [1.165, 1.54) is 36.3 Å². The Kier molecular flexibility index (Phi) is 5.26. The molecule has 0 aromatic heterocycles. The fraction of sp³-hybridized carbons (Fsp3) is 0.533. The SMILES string of the molecule is NCCC(=O)c1cccc(SCC2CCCC2)c1. The standard InChI is InChI=1S/C15H21NOS/c16-9-8-15(17)13-6-3-7-14(10-13)18-11-12-4-1-2-5-12/h3,6-7,10,12H,1-2,4-5,8-9,11,16H2. The molecule has 0 amide bonds. The Hall–Kier alpha value is -0.800. The van der Waals surface area contributed by atoms with Crippen LogP contribution in [0, 0.1) is 5.92 Å². The maximum atomic E-state index is 11.8. The zero-order valence-electron chi connectivity index (χ0n) is 10.7. The van der Waals surface area contributed by atoms with Crippen molar-refractivity contribution in [2.75, 3.05) is 12.3 Å². The van der Waals surface area contributed by atoms with Gasteiger partial charge in [-0.1, -0.05) is 25.0 Å². The van der Waals surface area contributed by atoms with E-state index in [4.69, 9.17) is 5.73 Å². The van der Waals surface area contributed by atoms with Gasteiger partial charge in [0, 0.05) is 22.6 Å². The third-order valence-corrected chi connectivity index (χ3v) is 4.71. The molecule has 3 heteroatoms. The van der Waals surface area contributed by atoms with Crippen molar-refractivity contribution in [3.8, 4) is 0 Å². The molecule has 1 fully saturated rings. The fourth-order valence-electron chi connectivity index (χ4n) is 2.43. The largest absolute Gasteiger partial charge is 0.330 e. The molecule has 0 saturated heterocycles. The number of carbonyl (C=O) groups is 1. The number of carbonyl (C=O) groups excluding carboxylic acids is 1. The van der Waals surface area contributed by atoms with Crippen LogP contribution in [0.15, 0.2) is 29.2 Å². The van der Waals surface area contributed by atoms with Crippen LogP contribution >= 0.6 is 11.8 Å². The number of ketones is 1. The summed E-state index contributed by atoms with van der Waals surface area (Å²) in [4.78, 5) is 13.0. The minimum atomic E-state index is 0.154. The van der Waals surface area contributed by atoms with Gasteiger partial charge >= 0.3 is 0 Å². The smallest absolute Gasteiger partial charge is 0.164 e. The number of rotatable bonds is 6. The lowest BCUT2D eigenvalue weighted by atomic mass is 10.1. The van der Waals surface area contributed by atoms with Crippen molar-refractivity contribution in [2.24, 2.45) is 11.7 Å². The Balaban J connectivity index is 1.91. The maximum absolute atomic E-state index is 11.8. The molecule has 1 saturated carbocycles. The molecule has 0 atom stereocenters. The van der Waals surface area contributed by atoms with Gasteiger partial charge in [-0.25, -0.2) is 0 Å². The topological polar surface area (TPSA) is 43.1 Å². The molecule has 1 aromatic rings. The zero-order chi connectivity index (χ0) is 12.8.